The van der Waals surface area contributed by atoms with Crippen molar-refractivity contribution in [3.05, 3.63) is 67.7 Å². The number of hydrogen-bond acceptors (Lipinski definition) is 3. The lowest BCUT2D eigenvalue weighted by Gasteiger charge is -2.11. The molecule has 0 heterocycles. The van der Waals surface area contributed by atoms with Crippen LogP contribution in [0.25, 0.3) is 0 Å². The molecular formula is C14H11BrF2N2O2. The highest BCUT2D eigenvalue weighted by Crippen LogP contribution is 2.24. The van der Waals surface area contributed by atoms with E-state index < -0.39 is 22.2 Å². The second kappa shape index (κ2) is 6.17. The molecule has 0 saturated carbocycles. The van der Waals surface area contributed by atoms with Crippen LogP contribution in [0.1, 0.15) is 11.1 Å². The van der Waals surface area contributed by atoms with Gasteiger partial charge in [0.05, 0.1) is 4.92 Å². The van der Waals surface area contributed by atoms with Crippen LogP contribution in [0.3, 0.4) is 0 Å². The van der Waals surface area contributed by atoms with E-state index in [4.69, 9.17) is 0 Å². The van der Waals surface area contributed by atoms with Crippen molar-refractivity contribution in [1.82, 2.24) is 0 Å². The summed E-state index contributed by atoms with van der Waals surface area (Å²) in [5.74, 6) is -2.00. The average molecular weight is 357 g/mol. The van der Waals surface area contributed by atoms with Gasteiger partial charge in [-0.2, -0.15) is 4.39 Å². The molecule has 2 aromatic carbocycles. The zero-order chi connectivity index (χ0) is 15.6. The van der Waals surface area contributed by atoms with E-state index in [1.165, 1.54) is 0 Å². The van der Waals surface area contributed by atoms with Crippen LogP contribution in [-0.4, -0.2) is 4.92 Å². The van der Waals surface area contributed by atoms with Crippen molar-refractivity contribution in [2.75, 3.05) is 5.32 Å². The first kappa shape index (κ1) is 15.4. The summed E-state index contributed by atoms with van der Waals surface area (Å²) in [6, 6.07) is 6.98. The third kappa shape index (κ3) is 3.55. The van der Waals surface area contributed by atoms with Crippen LogP contribution in [0.2, 0.25) is 0 Å². The monoisotopic (exact) mass is 356 g/mol. The van der Waals surface area contributed by atoms with E-state index in [0.29, 0.717) is 6.07 Å². The standard InChI is InChI=1S/C14H11BrF2N2O2/c1-8-2-3-10(15)5-13(8)18-7-9-4-14(19(20)21)12(17)6-11(9)16/h2-6,18H,7H2,1H3. The molecule has 0 atom stereocenters. The molecule has 110 valence electrons. The van der Waals surface area contributed by atoms with Crippen molar-refractivity contribution in [3.63, 3.8) is 0 Å². The predicted octanol–water partition coefficient (Wildman–Crippen LogP) is 4.56. The number of rotatable bonds is 4. The van der Waals surface area contributed by atoms with Crippen LogP contribution in [0.15, 0.2) is 34.8 Å². The molecule has 0 amide bonds. The number of halogens is 3. The maximum absolute atomic E-state index is 13.7. The Morgan fingerprint density at radius 2 is 1.95 bits per heavy atom. The quantitative estimate of drug-likeness (QED) is 0.645. The summed E-state index contributed by atoms with van der Waals surface area (Å²) in [6.45, 7) is 1.89. The van der Waals surface area contributed by atoms with Crippen molar-refractivity contribution in [2.45, 2.75) is 13.5 Å². The molecule has 0 aliphatic heterocycles. The second-order valence-electron chi connectivity index (χ2n) is 4.46. The molecule has 0 aromatic heterocycles. The minimum Gasteiger partial charge on any atom is -0.381 e. The summed E-state index contributed by atoms with van der Waals surface area (Å²) in [4.78, 5) is 9.80. The summed E-state index contributed by atoms with van der Waals surface area (Å²) in [7, 11) is 0. The molecule has 0 spiro atoms. The minimum atomic E-state index is -1.18. The van der Waals surface area contributed by atoms with Gasteiger partial charge in [0, 0.05) is 34.4 Å². The highest BCUT2D eigenvalue weighted by atomic mass is 79.9. The molecule has 4 nitrogen and oxygen atoms in total. The Morgan fingerprint density at radius 3 is 2.62 bits per heavy atom. The maximum atomic E-state index is 13.7. The molecule has 21 heavy (non-hydrogen) atoms. The van der Waals surface area contributed by atoms with Gasteiger partial charge >= 0.3 is 5.69 Å². The Bertz CT molecular complexity index is 708. The molecule has 0 saturated heterocycles. The van der Waals surface area contributed by atoms with Crippen LogP contribution in [0.5, 0.6) is 0 Å². The van der Waals surface area contributed by atoms with Crippen LogP contribution >= 0.6 is 15.9 Å². The number of nitro groups is 1. The number of anilines is 1. The Morgan fingerprint density at radius 1 is 1.24 bits per heavy atom. The van der Waals surface area contributed by atoms with Gasteiger partial charge in [-0.3, -0.25) is 10.1 Å². The van der Waals surface area contributed by atoms with Gasteiger partial charge in [0.25, 0.3) is 0 Å². The molecule has 1 N–H and O–H groups in total. The Hall–Kier alpha value is -2.02. The first-order chi connectivity index (χ1) is 9.88. The zero-order valence-electron chi connectivity index (χ0n) is 11.0. The van der Waals surface area contributed by atoms with Crippen molar-refractivity contribution in [3.8, 4) is 0 Å². The molecule has 0 unspecified atom stereocenters. The Balaban J connectivity index is 2.25. The summed E-state index contributed by atoms with van der Waals surface area (Å²) >= 11 is 3.32. The van der Waals surface area contributed by atoms with Crippen molar-refractivity contribution >= 4 is 27.3 Å². The fraction of sp³-hybridized carbons (Fsp3) is 0.143. The number of benzene rings is 2. The third-order valence-corrected chi connectivity index (χ3v) is 3.47. The van der Waals surface area contributed by atoms with E-state index in [0.717, 1.165) is 21.8 Å². The second-order valence-corrected chi connectivity index (χ2v) is 5.38. The van der Waals surface area contributed by atoms with Gasteiger partial charge in [0.1, 0.15) is 5.82 Å². The molecule has 0 radical (unpaired) electrons. The summed E-state index contributed by atoms with van der Waals surface area (Å²) in [6.07, 6.45) is 0. The number of nitro benzene ring substituents is 1. The van der Waals surface area contributed by atoms with Gasteiger partial charge in [0.15, 0.2) is 0 Å². The van der Waals surface area contributed by atoms with E-state index in [9.17, 15) is 18.9 Å². The molecule has 2 aromatic rings. The normalized spacial score (nSPS) is 10.5. The van der Waals surface area contributed by atoms with Crippen molar-refractivity contribution in [1.29, 1.82) is 0 Å². The number of nitrogens with one attached hydrogen (secondary N) is 1. The lowest BCUT2D eigenvalue weighted by Crippen LogP contribution is -2.05. The summed E-state index contributed by atoms with van der Waals surface area (Å²) in [5, 5.41) is 13.7. The van der Waals surface area contributed by atoms with Crippen molar-refractivity contribution in [2.24, 2.45) is 0 Å². The minimum absolute atomic E-state index is 0.0181. The largest absolute Gasteiger partial charge is 0.381 e. The highest BCUT2D eigenvalue weighted by molar-refractivity contribution is 9.10. The van der Waals surface area contributed by atoms with Gasteiger partial charge in [-0.15, -0.1) is 0 Å². The van der Waals surface area contributed by atoms with E-state index >= 15 is 0 Å². The Kier molecular flexibility index (Phi) is 4.52. The lowest BCUT2D eigenvalue weighted by atomic mass is 10.1. The van der Waals surface area contributed by atoms with E-state index in [1.54, 1.807) is 0 Å². The molecule has 7 heteroatoms. The molecule has 0 fully saturated rings. The first-order valence-corrected chi connectivity index (χ1v) is 6.80. The van der Waals surface area contributed by atoms with Crippen LogP contribution in [0, 0.1) is 28.7 Å². The molecule has 0 aliphatic rings. The molecular weight excluding hydrogens is 346 g/mol. The number of nitrogens with zero attached hydrogens (tertiary/aromatic N) is 1. The number of hydrogen-bond donors (Lipinski definition) is 1. The fourth-order valence-corrected chi connectivity index (χ4v) is 2.19. The van der Waals surface area contributed by atoms with Gasteiger partial charge in [-0.1, -0.05) is 22.0 Å². The zero-order valence-corrected chi connectivity index (χ0v) is 12.6. The van der Waals surface area contributed by atoms with E-state index in [2.05, 4.69) is 21.2 Å². The van der Waals surface area contributed by atoms with Crippen molar-refractivity contribution < 1.29 is 13.7 Å². The van der Waals surface area contributed by atoms with Crippen LogP contribution < -0.4 is 5.32 Å². The number of aryl methyl sites for hydroxylation is 1. The molecule has 0 bridgehead atoms. The smallest absolute Gasteiger partial charge is 0.305 e. The van der Waals surface area contributed by atoms with Gasteiger partial charge in [-0.05, 0) is 24.6 Å². The highest BCUT2D eigenvalue weighted by Gasteiger charge is 2.18. The average Bonchev–Trinajstić information content (AvgIpc) is 2.41. The van der Waals surface area contributed by atoms with Crippen LogP contribution in [0.4, 0.5) is 20.2 Å². The molecule has 2 rings (SSSR count). The summed E-state index contributed by atoms with van der Waals surface area (Å²) in [5.41, 5.74) is 0.993. The predicted molar refractivity (Wildman–Crippen MR) is 79.2 cm³/mol. The SMILES string of the molecule is Cc1ccc(Br)cc1NCc1cc([N+](=O)[O-])c(F)cc1F. The maximum Gasteiger partial charge on any atom is 0.305 e. The molecule has 0 aliphatic carbocycles. The van der Waals surface area contributed by atoms with Gasteiger partial charge in [0.2, 0.25) is 5.82 Å². The fourth-order valence-electron chi connectivity index (χ4n) is 1.83. The first-order valence-electron chi connectivity index (χ1n) is 6.01. The van der Waals surface area contributed by atoms with E-state index in [-0.39, 0.29) is 12.1 Å². The Labute approximate surface area is 128 Å². The van der Waals surface area contributed by atoms with Gasteiger partial charge in [-0.25, -0.2) is 4.39 Å². The van der Waals surface area contributed by atoms with E-state index in [1.807, 2.05) is 25.1 Å². The lowest BCUT2D eigenvalue weighted by molar-refractivity contribution is -0.387. The van der Waals surface area contributed by atoms with Crippen LogP contribution in [-0.2, 0) is 6.54 Å². The summed E-state index contributed by atoms with van der Waals surface area (Å²) < 4.78 is 27.8. The topological polar surface area (TPSA) is 55.2 Å². The third-order valence-electron chi connectivity index (χ3n) is 2.98. The van der Waals surface area contributed by atoms with Gasteiger partial charge < -0.3 is 5.32 Å².